The maximum atomic E-state index is 13.4. The van der Waals surface area contributed by atoms with Gasteiger partial charge in [0.05, 0.1) is 20.1 Å². The lowest BCUT2D eigenvalue weighted by molar-refractivity contribution is -0.131. The Bertz CT molecular complexity index is 1190. The third kappa shape index (κ3) is 6.02. The van der Waals surface area contributed by atoms with E-state index < -0.39 is 6.04 Å². The van der Waals surface area contributed by atoms with Gasteiger partial charge in [-0.3, -0.25) is 14.5 Å². The van der Waals surface area contributed by atoms with Crippen molar-refractivity contribution in [1.29, 1.82) is 0 Å². The Balaban J connectivity index is 1.50. The quantitative estimate of drug-likeness (QED) is 0.450. The van der Waals surface area contributed by atoms with Gasteiger partial charge in [-0.25, -0.2) is 4.39 Å². The summed E-state index contributed by atoms with van der Waals surface area (Å²) in [6.45, 7) is 0.824. The van der Waals surface area contributed by atoms with Crippen LogP contribution in [0.1, 0.15) is 17.5 Å². The second-order valence-corrected chi connectivity index (χ2v) is 8.62. The van der Waals surface area contributed by atoms with Crippen molar-refractivity contribution in [3.05, 3.63) is 95.8 Å². The number of halogens is 1. The number of hydrogen-bond acceptors (Lipinski definition) is 4. The molecule has 180 valence electrons. The lowest BCUT2D eigenvalue weighted by Gasteiger charge is -2.24. The van der Waals surface area contributed by atoms with E-state index in [1.807, 2.05) is 59.5 Å². The molecule has 0 aromatic heterocycles. The van der Waals surface area contributed by atoms with Crippen molar-refractivity contribution in [2.45, 2.75) is 25.4 Å². The molecule has 0 spiro atoms. The van der Waals surface area contributed by atoms with E-state index in [2.05, 4.69) is 5.32 Å². The van der Waals surface area contributed by atoms with Crippen LogP contribution in [0.3, 0.4) is 0 Å². The van der Waals surface area contributed by atoms with Gasteiger partial charge in [0.2, 0.25) is 5.91 Å². The minimum atomic E-state index is -0.718. The van der Waals surface area contributed by atoms with Gasteiger partial charge < -0.3 is 15.0 Å². The Labute approximate surface area is 209 Å². The van der Waals surface area contributed by atoms with Crippen molar-refractivity contribution in [3.8, 4) is 5.75 Å². The second-order valence-electron chi connectivity index (χ2n) is 8.26. The zero-order valence-corrected chi connectivity index (χ0v) is 20.1. The van der Waals surface area contributed by atoms with Gasteiger partial charge in [0.1, 0.15) is 17.6 Å². The topological polar surface area (TPSA) is 61.9 Å². The van der Waals surface area contributed by atoms with Gasteiger partial charge in [-0.15, -0.1) is 0 Å². The predicted octanol–water partition coefficient (Wildman–Crippen LogP) is 4.40. The number of amides is 2. The lowest BCUT2D eigenvalue weighted by Crippen LogP contribution is -2.39. The van der Waals surface area contributed by atoms with Gasteiger partial charge in [0.25, 0.3) is 5.91 Å². The first-order chi connectivity index (χ1) is 16.9. The van der Waals surface area contributed by atoms with Gasteiger partial charge in [0.15, 0.2) is 5.11 Å². The van der Waals surface area contributed by atoms with Crippen LogP contribution in [0.15, 0.2) is 78.9 Å². The number of rotatable bonds is 9. The second kappa shape index (κ2) is 11.1. The summed E-state index contributed by atoms with van der Waals surface area (Å²) in [5.74, 6) is -0.165. The minimum absolute atomic E-state index is 0.0652. The summed E-state index contributed by atoms with van der Waals surface area (Å²) in [6, 6.07) is 22.1. The fourth-order valence-electron chi connectivity index (χ4n) is 4.02. The Morgan fingerprint density at radius 3 is 2.34 bits per heavy atom. The summed E-state index contributed by atoms with van der Waals surface area (Å²) in [6.07, 6.45) is 0.580. The number of anilines is 1. The third-order valence-corrected chi connectivity index (χ3v) is 6.35. The van der Waals surface area contributed by atoms with Crippen molar-refractivity contribution in [2.24, 2.45) is 0 Å². The number of carbonyl (C=O) groups excluding carboxylic acids is 2. The number of carbonyl (C=O) groups is 2. The third-order valence-electron chi connectivity index (χ3n) is 5.89. The molecule has 0 bridgehead atoms. The van der Waals surface area contributed by atoms with Crippen LogP contribution >= 0.6 is 12.2 Å². The molecule has 8 heteroatoms. The van der Waals surface area contributed by atoms with Crippen molar-refractivity contribution in [3.63, 3.8) is 0 Å². The van der Waals surface area contributed by atoms with Crippen LogP contribution < -0.4 is 10.1 Å². The van der Waals surface area contributed by atoms with Gasteiger partial charge >= 0.3 is 0 Å². The Morgan fingerprint density at radius 2 is 1.69 bits per heavy atom. The molecule has 0 aliphatic carbocycles. The summed E-state index contributed by atoms with van der Waals surface area (Å²) >= 11 is 5.70. The first kappa shape index (κ1) is 24.3. The average Bonchev–Trinajstić information content (AvgIpc) is 3.08. The summed E-state index contributed by atoms with van der Waals surface area (Å²) in [7, 11) is 1.62. The van der Waals surface area contributed by atoms with Gasteiger partial charge in [0, 0.05) is 12.2 Å². The molecule has 3 aromatic carbocycles. The monoisotopic (exact) mass is 491 g/mol. The predicted molar refractivity (Wildman–Crippen MR) is 136 cm³/mol. The maximum Gasteiger partial charge on any atom is 0.252 e. The van der Waals surface area contributed by atoms with E-state index >= 15 is 0 Å². The molecule has 35 heavy (non-hydrogen) atoms. The lowest BCUT2D eigenvalue weighted by atomic mass is 10.1. The average molecular weight is 492 g/mol. The molecule has 1 atom stereocenters. The number of thiocarbonyl (C=S) groups is 1. The van der Waals surface area contributed by atoms with Crippen LogP contribution in [-0.4, -0.2) is 46.4 Å². The van der Waals surface area contributed by atoms with E-state index in [1.54, 1.807) is 12.0 Å². The zero-order valence-electron chi connectivity index (χ0n) is 19.3. The van der Waals surface area contributed by atoms with E-state index in [9.17, 15) is 14.0 Å². The van der Waals surface area contributed by atoms with Crippen LogP contribution in [0, 0.1) is 5.82 Å². The molecule has 1 heterocycles. The fraction of sp³-hybridized carbons (Fsp3) is 0.222. The van der Waals surface area contributed by atoms with E-state index in [0.717, 1.165) is 16.9 Å². The molecule has 0 unspecified atom stereocenters. The van der Waals surface area contributed by atoms with Crippen molar-refractivity contribution < 1.29 is 18.7 Å². The molecule has 0 saturated carbocycles. The summed E-state index contributed by atoms with van der Waals surface area (Å²) in [5.41, 5.74) is 2.49. The standard InChI is InChI=1S/C27H26FN3O3S/c1-34-23-13-7-19(8-14-23)15-16-30-24(17-25(32)29-22-11-9-21(28)10-12-22)26(33)31(27(30)35)18-20-5-3-2-4-6-20/h2-14,24H,15-18H2,1H3,(H,29,32)/t24-/m0/s1. The smallest absolute Gasteiger partial charge is 0.252 e. The summed E-state index contributed by atoms with van der Waals surface area (Å²) < 4.78 is 18.4. The molecular formula is C27H26FN3O3S. The summed E-state index contributed by atoms with van der Waals surface area (Å²) in [5, 5.41) is 3.15. The van der Waals surface area contributed by atoms with Gasteiger partial charge in [-0.05, 0) is 66.2 Å². The van der Waals surface area contributed by atoms with Crippen molar-refractivity contribution in [2.75, 3.05) is 19.0 Å². The van der Waals surface area contributed by atoms with Crippen LogP contribution in [0.25, 0.3) is 0 Å². The zero-order chi connectivity index (χ0) is 24.8. The highest BCUT2D eigenvalue weighted by atomic mass is 32.1. The molecule has 1 aliphatic heterocycles. The van der Waals surface area contributed by atoms with E-state index in [-0.39, 0.29) is 24.1 Å². The number of methoxy groups -OCH3 is 1. The molecule has 4 rings (SSSR count). The number of nitrogens with zero attached hydrogens (tertiary/aromatic N) is 2. The minimum Gasteiger partial charge on any atom is -0.497 e. The molecule has 2 amide bonds. The van der Waals surface area contributed by atoms with E-state index in [1.165, 1.54) is 24.3 Å². The molecule has 1 aliphatic rings. The largest absolute Gasteiger partial charge is 0.497 e. The first-order valence-electron chi connectivity index (χ1n) is 11.3. The molecule has 1 fully saturated rings. The molecule has 6 nitrogen and oxygen atoms in total. The number of hydrogen-bond donors (Lipinski definition) is 1. The molecule has 3 aromatic rings. The molecule has 1 N–H and O–H groups in total. The van der Waals surface area contributed by atoms with Crippen LogP contribution in [0.5, 0.6) is 5.75 Å². The van der Waals surface area contributed by atoms with Gasteiger partial charge in [-0.1, -0.05) is 42.5 Å². The van der Waals surface area contributed by atoms with Crippen molar-refractivity contribution >= 4 is 34.8 Å². The van der Waals surface area contributed by atoms with E-state index in [0.29, 0.717) is 30.3 Å². The Kier molecular flexibility index (Phi) is 7.72. The number of ether oxygens (including phenoxy) is 1. The van der Waals surface area contributed by atoms with Crippen LogP contribution in [-0.2, 0) is 22.6 Å². The highest BCUT2D eigenvalue weighted by Crippen LogP contribution is 2.24. The number of nitrogens with one attached hydrogen (secondary N) is 1. The maximum absolute atomic E-state index is 13.4. The molecule has 0 radical (unpaired) electrons. The molecular weight excluding hydrogens is 465 g/mol. The van der Waals surface area contributed by atoms with Gasteiger partial charge in [-0.2, -0.15) is 0 Å². The summed E-state index contributed by atoms with van der Waals surface area (Å²) in [4.78, 5) is 29.6. The normalized spacial score (nSPS) is 15.4. The highest BCUT2D eigenvalue weighted by Gasteiger charge is 2.43. The van der Waals surface area contributed by atoms with Crippen LogP contribution in [0.2, 0.25) is 0 Å². The SMILES string of the molecule is COc1ccc(CCN2C(=S)N(Cc3ccccc3)C(=O)[C@@H]2CC(=O)Nc2ccc(F)cc2)cc1. The first-order valence-corrected chi connectivity index (χ1v) is 11.7. The Hall–Kier alpha value is -3.78. The Morgan fingerprint density at radius 1 is 1.00 bits per heavy atom. The molecule has 1 saturated heterocycles. The van der Waals surface area contributed by atoms with Crippen molar-refractivity contribution in [1.82, 2.24) is 9.80 Å². The van der Waals surface area contributed by atoms with E-state index in [4.69, 9.17) is 17.0 Å². The number of benzene rings is 3. The highest BCUT2D eigenvalue weighted by molar-refractivity contribution is 7.80. The van der Waals surface area contributed by atoms with Crippen LogP contribution in [0.4, 0.5) is 10.1 Å². The fourth-order valence-corrected chi connectivity index (χ4v) is 4.39.